The molecule has 0 spiro atoms. The number of thiazole rings is 1. The lowest BCUT2D eigenvalue weighted by molar-refractivity contribution is -0.123. The van der Waals surface area contributed by atoms with Crippen LogP contribution in [-0.4, -0.2) is 23.3 Å². The number of hydrogen-bond acceptors (Lipinski definition) is 4. The molecule has 0 saturated carbocycles. The number of halogens is 3. The van der Waals surface area contributed by atoms with Crippen molar-refractivity contribution in [2.24, 2.45) is 0 Å². The zero-order valence-corrected chi connectivity index (χ0v) is 14.3. The number of nitrogens with one attached hydrogen (secondary N) is 2. The first kappa shape index (κ1) is 18.9. The third-order valence-electron chi connectivity index (χ3n) is 3.16. The van der Waals surface area contributed by atoms with Crippen LogP contribution < -0.4 is 10.6 Å². The van der Waals surface area contributed by atoms with Crippen LogP contribution in [0.4, 0.5) is 18.9 Å². The Morgan fingerprint density at radius 3 is 2.52 bits per heavy atom. The van der Waals surface area contributed by atoms with Gasteiger partial charge in [0.1, 0.15) is 0 Å². The molecule has 2 amide bonds. The topological polar surface area (TPSA) is 71.1 Å². The maximum atomic E-state index is 13.5. The van der Waals surface area contributed by atoms with Crippen molar-refractivity contribution >= 4 is 28.8 Å². The lowest BCUT2D eigenvalue weighted by atomic mass is 10.2. The predicted molar refractivity (Wildman–Crippen MR) is 87.9 cm³/mol. The van der Waals surface area contributed by atoms with E-state index in [9.17, 15) is 22.8 Å². The van der Waals surface area contributed by atoms with Gasteiger partial charge in [0.25, 0.3) is 0 Å². The summed E-state index contributed by atoms with van der Waals surface area (Å²) in [5.74, 6) is -5.46. The minimum atomic E-state index is -1.67. The summed E-state index contributed by atoms with van der Waals surface area (Å²) in [4.78, 5) is 27.8. The second-order valence-corrected chi connectivity index (χ2v) is 6.45. The fraction of sp³-hybridized carbons (Fsp3) is 0.312. The number of anilines is 1. The molecule has 0 saturated heterocycles. The Morgan fingerprint density at radius 1 is 1.16 bits per heavy atom. The summed E-state index contributed by atoms with van der Waals surface area (Å²) in [6, 6.07) is 1.59. The van der Waals surface area contributed by atoms with Gasteiger partial charge in [-0.15, -0.1) is 11.3 Å². The molecule has 1 aromatic heterocycles. The molecule has 0 bridgehead atoms. The van der Waals surface area contributed by atoms with Crippen LogP contribution in [-0.2, 0) is 16.0 Å². The first-order valence-electron chi connectivity index (χ1n) is 7.42. The van der Waals surface area contributed by atoms with Crippen LogP contribution in [0, 0.1) is 17.5 Å². The maximum Gasteiger partial charge on any atom is 0.243 e. The fourth-order valence-electron chi connectivity index (χ4n) is 1.89. The van der Waals surface area contributed by atoms with Crippen LogP contribution in [0.5, 0.6) is 0 Å². The average molecular weight is 371 g/mol. The first-order valence-corrected chi connectivity index (χ1v) is 8.30. The van der Waals surface area contributed by atoms with E-state index in [0.29, 0.717) is 11.8 Å². The molecular formula is C16H16F3N3O2S. The predicted octanol–water partition coefficient (Wildman–Crippen LogP) is 2.98. The van der Waals surface area contributed by atoms with Gasteiger partial charge in [-0.25, -0.2) is 18.2 Å². The molecule has 2 N–H and O–H groups in total. The minimum Gasteiger partial charge on any atom is -0.347 e. The number of aromatic nitrogens is 1. The Kier molecular flexibility index (Phi) is 6.13. The van der Waals surface area contributed by atoms with Crippen molar-refractivity contribution in [2.75, 3.05) is 11.9 Å². The quantitative estimate of drug-likeness (QED) is 0.767. The molecule has 25 heavy (non-hydrogen) atoms. The van der Waals surface area contributed by atoms with Crippen molar-refractivity contribution in [2.45, 2.75) is 26.2 Å². The molecule has 0 aliphatic heterocycles. The zero-order valence-electron chi connectivity index (χ0n) is 13.5. The molecular weight excluding hydrogens is 355 g/mol. The molecule has 0 radical (unpaired) electrons. The molecule has 0 fully saturated rings. The summed E-state index contributed by atoms with van der Waals surface area (Å²) in [7, 11) is 0. The third kappa shape index (κ3) is 5.02. The summed E-state index contributed by atoms with van der Waals surface area (Å²) >= 11 is 1.45. The van der Waals surface area contributed by atoms with E-state index >= 15 is 0 Å². The summed E-state index contributed by atoms with van der Waals surface area (Å²) in [6.45, 7) is 3.55. The molecule has 5 nitrogen and oxygen atoms in total. The molecule has 134 valence electrons. The lowest BCUT2D eigenvalue weighted by Crippen LogP contribution is -2.34. The van der Waals surface area contributed by atoms with Gasteiger partial charge in [0.05, 0.1) is 29.4 Å². The van der Waals surface area contributed by atoms with Crippen LogP contribution in [0.3, 0.4) is 0 Å². The Labute approximate surface area is 146 Å². The number of amides is 2. The number of hydrogen-bond donors (Lipinski definition) is 2. The molecule has 2 rings (SSSR count). The highest BCUT2D eigenvalue weighted by Gasteiger charge is 2.16. The van der Waals surface area contributed by atoms with Gasteiger partial charge in [0.15, 0.2) is 17.5 Å². The van der Waals surface area contributed by atoms with Crippen molar-refractivity contribution in [3.05, 3.63) is 45.7 Å². The van der Waals surface area contributed by atoms with Crippen molar-refractivity contribution < 1.29 is 22.8 Å². The second kappa shape index (κ2) is 8.11. The van der Waals surface area contributed by atoms with Crippen LogP contribution in [0.2, 0.25) is 0 Å². The molecule has 9 heteroatoms. The minimum absolute atomic E-state index is 0.00996. The molecule has 1 heterocycles. The summed E-state index contributed by atoms with van der Waals surface area (Å²) in [5, 5.41) is 7.11. The third-order valence-corrected chi connectivity index (χ3v) is 4.35. The van der Waals surface area contributed by atoms with E-state index in [2.05, 4.69) is 15.6 Å². The van der Waals surface area contributed by atoms with E-state index < -0.39 is 41.5 Å². The highest BCUT2D eigenvalue weighted by Crippen LogP contribution is 2.20. The smallest absolute Gasteiger partial charge is 0.243 e. The standard InChI is InChI=1S/C16H16F3N3O2S/c1-8(2)16-21-9(7-25-16)5-12(23)20-6-13(24)22-11-4-3-10(17)14(18)15(11)19/h3-4,7-8H,5-6H2,1-2H3,(H,20,23)(H,22,24). The van der Waals surface area contributed by atoms with Crippen LogP contribution in [0.25, 0.3) is 0 Å². The van der Waals surface area contributed by atoms with E-state index in [4.69, 9.17) is 0 Å². The first-order chi connectivity index (χ1) is 11.8. The van der Waals surface area contributed by atoms with Gasteiger partial charge < -0.3 is 10.6 Å². The number of rotatable bonds is 6. The van der Waals surface area contributed by atoms with Gasteiger partial charge in [0, 0.05) is 11.3 Å². The van der Waals surface area contributed by atoms with E-state index in [-0.39, 0.29) is 12.3 Å². The summed E-state index contributed by atoms with van der Waals surface area (Å²) in [6.07, 6.45) is 0.00996. The summed E-state index contributed by atoms with van der Waals surface area (Å²) in [5.41, 5.74) is 0.0949. The molecule has 2 aromatic rings. The number of carbonyl (C=O) groups excluding carboxylic acids is 2. The van der Waals surface area contributed by atoms with Gasteiger partial charge in [-0.05, 0) is 12.1 Å². The van der Waals surface area contributed by atoms with Crippen molar-refractivity contribution in [1.29, 1.82) is 0 Å². The Bertz CT molecular complexity index is 793. The monoisotopic (exact) mass is 371 g/mol. The zero-order chi connectivity index (χ0) is 18.6. The van der Waals surface area contributed by atoms with E-state index in [0.717, 1.165) is 11.1 Å². The Balaban J connectivity index is 1.85. The fourth-order valence-corrected chi connectivity index (χ4v) is 2.73. The summed E-state index contributed by atoms with van der Waals surface area (Å²) < 4.78 is 39.4. The van der Waals surface area contributed by atoms with E-state index in [1.807, 2.05) is 13.8 Å². The van der Waals surface area contributed by atoms with Crippen molar-refractivity contribution in [3.8, 4) is 0 Å². The van der Waals surface area contributed by atoms with Gasteiger partial charge in [-0.2, -0.15) is 0 Å². The number of carbonyl (C=O) groups is 2. The SMILES string of the molecule is CC(C)c1nc(CC(=O)NCC(=O)Nc2ccc(F)c(F)c2F)cs1. The number of nitrogens with zero attached hydrogens (tertiary/aromatic N) is 1. The Morgan fingerprint density at radius 2 is 1.88 bits per heavy atom. The molecule has 0 atom stereocenters. The number of benzene rings is 1. The highest BCUT2D eigenvalue weighted by atomic mass is 32.1. The van der Waals surface area contributed by atoms with Crippen LogP contribution in [0.15, 0.2) is 17.5 Å². The molecule has 0 aliphatic rings. The van der Waals surface area contributed by atoms with Gasteiger partial charge in [-0.3, -0.25) is 9.59 Å². The normalized spacial score (nSPS) is 10.8. The molecule has 1 aromatic carbocycles. The van der Waals surface area contributed by atoms with Crippen LogP contribution in [0.1, 0.15) is 30.5 Å². The van der Waals surface area contributed by atoms with Gasteiger partial charge in [-0.1, -0.05) is 13.8 Å². The molecule has 0 unspecified atom stereocenters. The maximum absolute atomic E-state index is 13.5. The van der Waals surface area contributed by atoms with Crippen molar-refractivity contribution in [1.82, 2.24) is 10.3 Å². The van der Waals surface area contributed by atoms with Crippen LogP contribution >= 0.6 is 11.3 Å². The van der Waals surface area contributed by atoms with Gasteiger partial charge in [0.2, 0.25) is 11.8 Å². The lowest BCUT2D eigenvalue weighted by Gasteiger charge is -2.08. The van der Waals surface area contributed by atoms with E-state index in [1.54, 1.807) is 5.38 Å². The second-order valence-electron chi connectivity index (χ2n) is 5.56. The Hall–Kier alpha value is -2.42. The van der Waals surface area contributed by atoms with Crippen molar-refractivity contribution in [3.63, 3.8) is 0 Å². The largest absolute Gasteiger partial charge is 0.347 e. The average Bonchev–Trinajstić information content (AvgIpc) is 3.02. The van der Waals surface area contributed by atoms with E-state index in [1.165, 1.54) is 11.3 Å². The van der Waals surface area contributed by atoms with Gasteiger partial charge >= 0.3 is 0 Å². The molecule has 0 aliphatic carbocycles. The highest BCUT2D eigenvalue weighted by molar-refractivity contribution is 7.09.